The van der Waals surface area contributed by atoms with Gasteiger partial charge in [-0.2, -0.15) is 4.31 Å². The predicted octanol–water partition coefficient (Wildman–Crippen LogP) is 4.16. The maximum Gasteiger partial charge on any atom is 0.243 e. The van der Waals surface area contributed by atoms with Crippen LogP contribution in [0, 0.1) is 5.92 Å². The van der Waals surface area contributed by atoms with Gasteiger partial charge in [0.2, 0.25) is 10.0 Å². The summed E-state index contributed by atoms with van der Waals surface area (Å²) in [5, 5.41) is 0. The molecule has 7 nitrogen and oxygen atoms in total. The molecule has 0 bridgehead atoms. The molecule has 1 aromatic heterocycles. The topological polar surface area (TPSA) is 90.5 Å². The van der Waals surface area contributed by atoms with Crippen LogP contribution in [-0.4, -0.2) is 42.5 Å². The molecule has 1 saturated heterocycles. The number of benzene rings is 2. The second-order valence-corrected chi connectivity index (χ2v) is 12.0. The Hall–Kier alpha value is -2.42. The third-order valence-electron chi connectivity index (χ3n) is 6.26. The van der Waals surface area contributed by atoms with E-state index in [4.69, 9.17) is 15.5 Å². The highest BCUT2D eigenvalue weighted by molar-refractivity contribution is 7.89. The summed E-state index contributed by atoms with van der Waals surface area (Å²) in [5.41, 5.74) is 9.04. The van der Waals surface area contributed by atoms with Gasteiger partial charge in [-0.1, -0.05) is 26.8 Å². The smallest absolute Gasteiger partial charge is 0.243 e. The summed E-state index contributed by atoms with van der Waals surface area (Å²) >= 11 is 0. The summed E-state index contributed by atoms with van der Waals surface area (Å²) in [6.45, 7) is 9.38. The van der Waals surface area contributed by atoms with Crippen molar-refractivity contribution in [1.29, 1.82) is 0 Å². The number of nitrogen functional groups attached to an aromatic ring is 1. The van der Waals surface area contributed by atoms with E-state index in [1.54, 1.807) is 19.2 Å². The van der Waals surface area contributed by atoms with E-state index in [1.807, 2.05) is 12.1 Å². The molecule has 0 amide bonds. The van der Waals surface area contributed by atoms with Gasteiger partial charge in [-0.25, -0.2) is 13.4 Å². The molecule has 1 aliphatic rings. The maximum absolute atomic E-state index is 13.0. The number of nitrogens with two attached hydrogens (primary N) is 1. The zero-order chi connectivity index (χ0) is 23.8. The van der Waals surface area contributed by atoms with E-state index < -0.39 is 10.0 Å². The van der Waals surface area contributed by atoms with E-state index in [1.165, 1.54) is 16.4 Å². The first kappa shape index (κ1) is 23.7. The van der Waals surface area contributed by atoms with Gasteiger partial charge in [-0.3, -0.25) is 0 Å². The quantitative estimate of drug-likeness (QED) is 0.546. The molecule has 2 N–H and O–H groups in total. The zero-order valence-electron chi connectivity index (χ0n) is 19.9. The molecule has 2 heterocycles. The number of ether oxygens (including phenoxy) is 1. The highest BCUT2D eigenvalue weighted by Gasteiger charge is 2.26. The summed E-state index contributed by atoms with van der Waals surface area (Å²) in [5.74, 6) is 1.64. The molecule has 0 unspecified atom stereocenters. The lowest BCUT2D eigenvalue weighted by molar-refractivity contribution is 0.0611. The Morgan fingerprint density at radius 2 is 1.79 bits per heavy atom. The van der Waals surface area contributed by atoms with Crippen molar-refractivity contribution in [2.75, 3.05) is 26.0 Å². The van der Waals surface area contributed by atoms with Gasteiger partial charge in [-0.15, -0.1) is 0 Å². The molecular formula is C25H34N4O3S. The Morgan fingerprint density at radius 3 is 2.42 bits per heavy atom. The summed E-state index contributed by atoms with van der Waals surface area (Å²) < 4.78 is 35.2. The first-order valence-electron chi connectivity index (χ1n) is 11.4. The van der Waals surface area contributed by atoms with E-state index in [-0.39, 0.29) is 16.9 Å². The van der Waals surface area contributed by atoms with Crippen molar-refractivity contribution in [1.82, 2.24) is 13.9 Å². The molecule has 0 saturated carbocycles. The van der Waals surface area contributed by atoms with Crippen LogP contribution in [0.25, 0.3) is 11.0 Å². The molecule has 0 radical (unpaired) electrons. The fourth-order valence-electron chi connectivity index (χ4n) is 4.38. The summed E-state index contributed by atoms with van der Waals surface area (Å²) in [7, 11) is -2.01. The number of hydrogen-bond acceptors (Lipinski definition) is 5. The molecule has 33 heavy (non-hydrogen) atoms. The van der Waals surface area contributed by atoms with Gasteiger partial charge in [0, 0.05) is 44.5 Å². The first-order chi connectivity index (χ1) is 15.6. The van der Waals surface area contributed by atoms with Crippen molar-refractivity contribution in [2.24, 2.45) is 5.92 Å². The van der Waals surface area contributed by atoms with Crippen LogP contribution in [0.5, 0.6) is 0 Å². The van der Waals surface area contributed by atoms with Crippen LogP contribution in [-0.2, 0) is 33.3 Å². The fourth-order valence-corrected chi connectivity index (χ4v) is 5.54. The standard InChI is InChI=1S/C25H34N4O3S/c1-25(2,3)24-27-22-15-19(5-10-23(22)29(24)17-18-11-13-32-14-12-18)16-28(4)33(30,31)21-8-6-20(26)7-9-21/h5-10,15,18H,11-14,16-17,26H2,1-4H3. The monoisotopic (exact) mass is 470 g/mol. The molecular weight excluding hydrogens is 436 g/mol. The molecule has 0 spiro atoms. The number of anilines is 1. The number of hydrogen-bond donors (Lipinski definition) is 1. The van der Waals surface area contributed by atoms with Crippen molar-refractivity contribution in [3.05, 3.63) is 53.9 Å². The van der Waals surface area contributed by atoms with Gasteiger partial charge in [0.15, 0.2) is 0 Å². The van der Waals surface area contributed by atoms with E-state index in [2.05, 4.69) is 31.4 Å². The number of sulfonamides is 1. The maximum atomic E-state index is 13.0. The molecule has 1 aliphatic heterocycles. The largest absolute Gasteiger partial charge is 0.399 e. The Labute approximate surface area is 196 Å². The first-order valence-corrected chi connectivity index (χ1v) is 12.9. The third-order valence-corrected chi connectivity index (χ3v) is 8.08. The number of rotatable bonds is 6. The van der Waals surface area contributed by atoms with Crippen LogP contribution in [0.1, 0.15) is 45.0 Å². The van der Waals surface area contributed by atoms with Gasteiger partial charge in [0.1, 0.15) is 5.82 Å². The summed E-state index contributed by atoms with van der Waals surface area (Å²) in [6, 6.07) is 12.4. The predicted molar refractivity (Wildman–Crippen MR) is 131 cm³/mol. The Balaban J connectivity index is 1.63. The van der Waals surface area contributed by atoms with E-state index in [9.17, 15) is 8.42 Å². The molecule has 3 aromatic rings. The average molecular weight is 471 g/mol. The van der Waals surface area contributed by atoms with Crippen LogP contribution in [0.15, 0.2) is 47.4 Å². The van der Waals surface area contributed by atoms with Crippen molar-refractivity contribution < 1.29 is 13.2 Å². The van der Waals surface area contributed by atoms with Crippen molar-refractivity contribution in [3.63, 3.8) is 0 Å². The molecule has 0 aliphatic carbocycles. The minimum Gasteiger partial charge on any atom is -0.399 e. The Bertz CT molecular complexity index is 1220. The number of imidazole rings is 1. The van der Waals surface area contributed by atoms with Gasteiger partial charge in [-0.05, 0) is 60.7 Å². The normalized spacial score (nSPS) is 16.0. The van der Waals surface area contributed by atoms with Crippen LogP contribution < -0.4 is 5.73 Å². The third kappa shape index (κ3) is 5.08. The molecule has 2 aromatic carbocycles. The van der Waals surface area contributed by atoms with Crippen LogP contribution in [0.4, 0.5) is 5.69 Å². The van der Waals surface area contributed by atoms with Gasteiger partial charge in [0.05, 0.1) is 15.9 Å². The van der Waals surface area contributed by atoms with Gasteiger partial charge in [0.25, 0.3) is 0 Å². The summed E-state index contributed by atoms with van der Waals surface area (Å²) in [4.78, 5) is 5.23. The molecule has 178 valence electrons. The number of aromatic nitrogens is 2. The van der Waals surface area contributed by atoms with Crippen LogP contribution in [0.2, 0.25) is 0 Å². The Morgan fingerprint density at radius 1 is 1.12 bits per heavy atom. The zero-order valence-corrected chi connectivity index (χ0v) is 20.7. The minimum atomic E-state index is -3.61. The number of fused-ring (bicyclic) bond motifs is 1. The van der Waals surface area contributed by atoms with Crippen LogP contribution >= 0.6 is 0 Å². The minimum absolute atomic E-state index is 0.0976. The second kappa shape index (κ2) is 9.08. The van der Waals surface area contributed by atoms with Crippen molar-refractivity contribution in [2.45, 2.75) is 57.0 Å². The molecule has 8 heteroatoms. The highest BCUT2D eigenvalue weighted by atomic mass is 32.2. The Kier molecular flexibility index (Phi) is 6.53. The highest BCUT2D eigenvalue weighted by Crippen LogP contribution is 2.30. The lowest BCUT2D eigenvalue weighted by Crippen LogP contribution is -2.26. The summed E-state index contributed by atoms with van der Waals surface area (Å²) in [6.07, 6.45) is 2.13. The van der Waals surface area contributed by atoms with Crippen molar-refractivity contribution in [3.8, 4) is 0 Å². The lowest BCUT2D eigenvalue weighted by atomic mass is 9.94. The van der Waals surface area contributed by atoms with Crippen molar-refractivity contribution >= 4 is 26.7 Å². The molecule has 4 rings (SSSR count). The van der Waals surface area contributed by atoms with E-state index in [0.29, 0.717) is 11.6 Å². The fraction of sp³-hybridized carbons (Fsp3) is 0.480. The second-order valence-electron chi connectivity index (χ2n) is 10.0. The van der Waals surface area contributed by atoms with Gasteiger partial charge < -0.3 is 15.0 Å². The number of nitrogens with zero attached hydrogens (tertiary/aromatic N) is 3. The molecule has 0 atom stereocenters. The lowest BCUT2D eigenvalue weighted by Gasteiger charge is -2.26. The average Bonchev–Trinajstić information content (AvgIpc) is 3.13. The molecule has 1 fully saturated rings. The van der Waals surface area contributed by atoms with E-state index >= 15 is 0 Å². The van der Waals surface area contributed by atoms with Crippen LogP contribution in [0.3, 0.4) is 0 Å². The van der Waals surface area contributed by atoms with Gasteiger partial charge >= 0.3 is 0 Å². The van der Waals surface area contributed by atoms with E-state index in [0.717, 1.165) is 55.0 Å². The SMILES string of the molecule is CN(Cc1ccc2c(c1)nc(C(C)(C)C)n2CC1CCOCC1)S(=O)(=O)c1ccc(N)cc1.